The highest BCUT2D eigenvalue weighted by Gasteiger charge is 2.61. The quantitative estimate of drug-likeness (QED) is 0.182. The van der Waals surface area contributed by atoms with Gasteiger partial charge in [0.1, 0.15) is 5.69 Å². The second-order valence-electron chi connectivity index (χ2n) is 16.6. The molecule has 0 saturated heterocycles. The van der Waals surface area contributed by atoms with Crippen LogP contribution >= 0.6 is 0 Å². The van der Waals surface area contributed by atoms with Gasteiger partial charge in [0.25, 0.3) is 0 Å². The van der Waals surface area contributed by atoms with Crippen molar-refractivity contribution in [1.29, 1.82) is 0 Å². The van der Waals surface area contributed by atoms with Crippen molar-refractivity contribution in [3.05, 3.63) is 151 Å². The van der Waals surface area contributed by atoms with Crippen LogP contribution in [0, 0.1) is 23.7 Å². The van der Waals surface area contributed by atoms with E-state index < -0.39 is 0 Å². The SMILES string of the molecule is c1ccc2c(c1)-c1cc3c4c5ccccc5ccc4n(-c4nc5ccccc5nc4-c4ccc5ccccc5c4)c3cc1C21C2CC3CC(C2)CC1C3. The van der Waals surface area contributed by atoms with E-state index in [-0.39, 0.29) is 5.41 Å². The zero-order valence-electron chi connectivity index (χ0n) is 29.5. The molecule has 3 nitrogen and oxygen atoms in total. The van der Waals surface area contributed by atoms with Crippen molar-refractivity contribution in [2.24, 2.45) is 23.7 Å². The number of nitrogens with zero attached hydrogens (tertiary/aromatic N) is 3. The lowest BCUT2D eigenvalue weighted by molar-refractivity contribution is -0.0399. The molecular formula is C50H37N3. The highest BCUT2D eigenvalue weighted by molar-refractivity contribution is 6.22. The molecule has 0 aliphatic heterocycles. The van der Waals surface area contributed by atoms with Gasteiger partial charge in [0.15, 0.2) is 5.82 Å². The first-order chi connectivity index (χ1) is 26.2. The summed E-state index contributed by atoms with van der Waals surface area (Å²) in [5.41, 5.74) is 12.4. The Balaban J connectivity index is 1.18. The maximum atomic E-state index is 5.56. The maximum Gasteiger partial charge on any atom is 0.165 e. The van der Waals surface area contributed by atoms with Crippen LogP contribution in [0.2, 0.25) is 0 Å². The van der Waals surface area contributed by atoms with Gasteiger partial charge >= 0.3 is 0 Å². The molecule has 7 aromatic carbocycles. The fraction of sp³-hybridized carbons (Fsp3) is 0.200. The molecule has 4 bridgehead atoms. The van der Waals surface area contributed by atoms with Gasteiger partial charge in [0, 0.05) is 21.8 Å². The van der Waals surface area contributed by atoms with Gasteiger partial charge in [-0.1, -0.05) is 103 Å². The van der Waals surface area contributed by atoms with E-state index in [2.05, 4.69) is 144 Å². The molecule has 14 rings (SSSR count). The number of hydrogen-bond acceptors (Lipinski definition) is 2. The summed E-state index contributed by atoms with van der Waals surface area (Å²) in [4.78, 5) is 11.0. The van der Waals surface area contributed by atoms with Gasteiger partial charge in [0.05, 0.1) is 22.1 Å². The second-order valence-corrected chi connectivity index (χ2v) is 16.6. The molecule has 1 spiro atoms. The molecule has 4 fully saturated rings. The molecule has 0 unspecified atom stereocenters. The monoisotopic (exact) mass is 679 g/mol. The van der Waals surface area contributed by atoms with Crippen LogP contribution in [0.5, 0.6) is 0 Å². The van der Waals surface area contributed by atoms with Gasteiger partial charge < -0.3 is 0 Å². The van der Waals surface area contributed by atoms with Crippen molar-refractivity contribution in [3.8, 4) is 28.2 Å². The average Bonchev–Trinajstić information content (AvgIpc) is 3.68. The lowest BCUT2D eigenvalue weighted by Gasteiger charge is -2.61. The molecule has 2 heterocycles. The topological polar surface area (TPSA) is 30.7 Å². The predicted octanol–water partition coefficient (Wildman–Crippen LogP) is 12.4. The maximum absolute atomic E-state index is 5.56. The largest absolute Gasteiger partial charge is 0.292 e. The zero-order valence-corrected chi connectivity index (χ0v) is 29.5. The van der Waals surface area contributed by atoms with Crippen LogP contribution in [0.4, 0.5) is 0 Å². The molecule has 53 heavy (non-hydrogen) atoms. The Morgan fingerprint density at radius 2 is 1.17 bits per heavy atom. The molecule has 9 aromatic rings. The summed E-state index contributed by atoms with van der Waals surface area (Å²) < 4.78 is 2.48. The molecule has 0 N–H and O–H groups in total. The number of hydrogen-bond donors (Lipinski definition) is 0. The third-order valence-corrected chi connectivity index (χ3v) is 14.1. The molecule has 0 atom stereocenters. The lowest BCUT2D eigenvalue weighted by Crippen LogP contribution is -2.55. The highest BCUT2D eigenvalue weighted by Crippen LogP contribution is 2.69. The molecule has 2 aromatic heterocycles. The molecule has 4 saturated carbocycles. The van der Waals surface area contributed by atoms with Gasteiger partial charge in [0.2, 0.25) is 0 Å². The predicted molar refractivity (Wildman–Crippen MR) is 218 cm³/mol. The van der Waals surface area contributed by atoms with E-state index in [0.29, 0.717) is 11.8 Å². The number of para-hydroxylation sites is 2. The summed E-state index contributed by atoms with van der Waals surface area (Å²) in [7, 11) is 0. The molecule has 0 amide bonds. The number of aromatic nitrogens is 3. The highest BCUT2D eigenvalue weighted by atomic mass is 15.1. The summed E-state index contributed by atoms with van der Waals surface area (Å²) >= 11 is 0. The Morgan fingerprint density at radius 1 is 0.491 bits per heavy atom. The van der Waals surface area contributed by atoms with Crippen LogP contribution in [0.25, 0.3) is 82.6 Å². The molecule has 5 aliphatic carbocycles. The van der Waals surface area contributed by atoms with Crippen molar-refractivity contribution in [2.75, 3.05) is 0 Å². The average molecular weight is 680 g/mol. The number of benzene rings is 7. The van der Waals surface area contributed by atoms with Crippen molar-refractivity contribution in [1.82, 2.24) is 14.5 Å². The first kappa shape index (κ1) is 28.7. The third kappa shape index (κ3) is 3.70. The van der Waals surface area contributed by atoms with Crippen LogP contribution in [-0.4, -0.2) is 14.5 Å². The summed E-state index contributed by atoms with van der Waals surface area (Å²) in [6.07, 6.45) is 6.93. The van der Waals surface area contributed by atoms with Crippen LogP contribution in [0.15, 0.2) is 140 Å². The summed E-state index contributed by atoms with van der Waals surface area (Å²) in [6.45, 7) is 0. The van der Waals surface area contributed by atoms with Crippen LogP contribution in [0.1, 0.15) is 43.2 Å². The molecule has 3 heteroatoms. The molecular weight excluding hydrogens is 643 g/mol. The van der Waals surface area contributed by atoms with Crippen LogP contribution < -0.4 is 0 Å². The van der Waals surface area contributed by atoms with Crippen molar-refractivity contribution < 1.29 is 0 Å². The van der Waals surface area contributed by atoms with Crippen molar-refractivity contribution in [2.45, 2.75) is 37.5 Å². The fourth-order valence-corrected chi connectivity index (χ4v) is 12.3. The van der Waals surface area contributed by atoms with Crippen LogP contribution in [-0.2, 0) is 5.41 Å². The Bertz CT molecular complexity index is 3010. The Hall–Kier alpha value is -5.80. The van der Waals surface area contributed by atoms with Gasteiger partial charge in [-0.05, 0) is 136 Å². The van der Waals surface area contributed by atoms with E-state index >= 15 is 0 Å². The standard InChI is InChI=1S/C50H37N3/c1-2-11-33-26-34(18-17-31(33)9-1)48-49(52-44-16-8-7-15-43(44)51-48)53-45-20-19-32-10-3-4-12-37(32)47(45)40-27-39-38-13-5-6-14-41(38)50(42(39)28-46(40)53)35-22-29-21-30(24-35)25-36(50)23-29/h1-20,26-30,35-36H,21-25H2. The van der Waals surface area contributed by atoms with E-state index in [4.69, 9.17) is 9.97 Å². The molecule has 252 valence electrons. The zero-order chi connectivity index (χ0) is 34.4. The fourth-order valence-electron chi connectivity index (χ4n) is 12.3. The Morgan fingerprint density at radius 3 is 2.00 bits per heavy atom. The van der Waals surface area contributed by atoms with Crippen molar-refractivity contribution in [3.63, 3.8) is 0 Å². The third-order valence-electron chi connectivity index (χ3n) is 14.1. The minimum Gasteiger partial charge on any atom is -0.292 e. The lowest BCUT2D eigenvalue weighted by atomic mass is 9.43. The van der Waals surface area contributed by atoms with E-state index in [1.807, 2.05) is 0 Å². The normalized spacial score (nSPS) is 23.9. The van der Waals surface area contributed by atoms with E-state index in [1.165, 1.54) is 86.6 Å². The summed E-state index contributed by atoms with van der Waals surface area (Å²) in [5, 5.41) is 7.57. The number of rotatable bonds is 2. The minimum atomic E-state index is 0.0765. The van der Waals surface area contributed by atoms with Crippen molar-refractivity contribution >= 4 is 54.4 Å². The Labute approximate surface area is 307 Å². The van der Waals surface area contributed by atoms with Gasteiger partial charge in [-0.3, -0.25) is 4.57 Å². The van der Waals surface area contributed by atoms with Crippen LogP contribution in [0.3, 0.4) is 0 Å². The van der Waals surface area contributed by atoms with Gasteiger partial charge in [-0.2, -0.15) is 0 Å². The van der Waals surface area contributed by atoms with E-state index in [0.717, 1.165) is 39.9 Å². The van der Waals surface area contributed by atoms with E-state index in [1.54, 1.807) is 11.1 Å². The first-order valence-electron chi connectivity index (χ1n) is 19.6. The Kier molecular flexibility index (Phi) is 5.53. The smallest absolute Gasteiger partial charge is 0.165 e. The second kappa shape index (κ2) is 10.2. The minimum absolute atomic E-state index is 0.0765. The number of fused-ring (bicyclic) bond motifs is 10. The molecule has 5 aliphatic rings. The van der Waals surface area contributed by atoms with E-state index in [9.17, 15) is 0 Å². The molecule has 0 radical (unpaired) electrons. The first-order valence-corrected chi connectivity index (χ1v) is 19.6. The van der Waals surface area contributed by atoms with Gasteiger partial charge in [-0.15, -0.1) is 0 Å². The summed E-state index contributed by atoms with van der Waals surface area (Å²) in [6, 6.07) is 51.9. The summed E-state index contributed by atoms with van der Waals surface area (Å²) in [5.74, 6) is 4.09. The van der Waals surface area contributed by atoms with Gasteiger partial charge in [-0.25, -0.2) is 9.97 Å².